The lowest BCUT2D eigenvalue weighted by Gasteiger charge is -2.11. The SMILES string of the molecule is Cn1ncc2cc(/C=C/C(=O)c3c(-c4ccccc4)c4cc(Cl)ccc4[nH]c3=O)ccc21. The van der Waals surface area contributed by atoms with Gasteiger partial charge >= 0.3 is 0 Å². The third kappa shape index (κ3) is 3.53. The molecule has 0 saturated heterocycles. The van der Waals surface area contributed by atoms with Crippen LogP contribution in [0.3, 0.4) is 0 Å². The second-order valence-corrected chi connectivity index (χ2v) is 7.98. The minimum absolute atomic E-state index is 0.0877. The summed E-state index contributed by atoms with van der Waals surface area (Å²) >= 11 is 6.24. The van der Waals surface area contributed by atoms with E-state index in [2.05, 4.69) is 10.1 Å². The molecule has 3 aromatic carbocycles. The molecule has 0 bridgehead atoms. The van der Waals surface area contributed by atoms with Crippen LogP contribution >= 0.6 is 11.6 Å². The van der Waals surface area contributed by atoms with E-state index in [-0.39, 0.29) is 11.3 Å². The smallest absolute Gasteiger partial charge is 0.260 e. The molecule has 0 spiro atoms. The summed E-state index contributed by atoms with van der Waals surface area (Å²) < 4.78 is 1.79. The fourth-order valence-corrected chi connectivity index (χ4v) is 4.12. The number of nitrogens with zero attached hydrogens (tertiary/aromatic N) is 2. The van der Waals surface area contributed by atoms with Crippen molar-refractivity contribution >= 4 is 45.3 Å². The lowest BCUT2D eigenvalue weighted by Crippen LogP contribution is -2.18. The molecule has 156 valence electrons. The normalized spacial score (nSPS) is 11.6. The number of benzene rings is 3. The maximum atomic E-state index is 13.3. The minimum Gasteiger partial charge on any atom is -0.321 e. The maximum absolute atomic E-state index is 13.3. The number of hydrogen-bond acceptors (Lipinski definition) is 3. The van der Waals surface area contributed by atoms with Crippen LogP contribution in [0.5, 0.6) is 0 Å². The van der Waals surface area contributed by atoms with Gasteiger partial charge in [0.2, 0.25) is 0 Å². The number of halogens is 1. The Kier molecular flexibility index (Phi) is 4.96. The summed E-state index contributed by atoms with van der Waals surface area (Å²) in [5.74, 6) is -0.377. The number of aromatic nitrogens is 3. The largest absolute Gasteiger partial charge is 0.321 e. The van der Waals surface area contributed by atoms with Crippen LogP contribution in [0, 0.1) is 0 Å². The monoisotopic (exact) mass is 439 g/mol. The highest BCUT2D eigenvalue weighted by molar-refractivity contribution is 6.31. The van der Waals surface area contributed by atoms with Crippen molar-refractivity contribution in [1.29, 1.82) is 0 Å². The number of hydrogen-bond donors (Lipinski definition) is 1. The highest BCUT2D eigenvalue weighted by atomic mass is 35.5. The van der Waals surface area contributed by atoms with Crippen molar-refractivity contribution in [3.05, 3.63) is 106 Å². The van der Waals surface area contributed by atoms with Gasteiger partial charge in [-0.15, -0.1) is 0 Å². The number of carbonyl (C=O) groups is 1. The molecule has 0 saturated carbocycles. The number of carbonyl (C=O) groups excluding carboxylic acids is 1. The molecule has 5 rings (SSSR count). The van der Waals surface area contributed by atoms with Crippen molar-refractivity contribution in [2.24, 2.45) is 7.05 Å². The van der Waals surface area contributed by atoms with Gasteiger partial charge in [0.1, 0.15) is 0 Å². The maximum Gasteiger partial charge on any atom is 0.260 e. The van der Waals surface area contributed by atoms with E-state index in [9.17, 15) is 9.59 Å². The molecule has 0 aliphatic heterocycles. The van der Waals surface area contributed by atoms with Crippen LogP contribution in [0.25, 0.3) is 39.0 Å². The van der Waals surface area contributed by atoms with Gasteiger partial charge in [0.15, 0.2) is 5.78 Å². The molecule has 0 amide bonds. The van der Waals surface area contributed by atoms with E-state index in [1.807, 2.05) is 55.6 Å². The molecule has 5 aromatic rings. The van der Waals surface area contributed by atoms with Crippen LogP contribution < -0.4 is 5.56 Å². The summed E-state index contributed by atoms with van der Waals surface area (Å²) in [5, 5.41) is 6.47. The molecule has 0 aliphatic carbocycles. The Hall–Kier alpha value is -3.96. The van der Waals surface area contributed by atoms with Crippen molar-refractivity contribution < 1.29 is 4.79 Å². The predicted molar refractivity (Wildman–Crippen MR) is 129 cm³/mol. The Morgan fingerprint density at radius 1 is 1.06 bits per heavy atom. The third-order valence-electron chi connectivity index (χ3n) is 5.48. The zero-order chi connectivity index (χ0) is 22.2. The first-order valence-electron chi connectivity index (χ1n) is 10.1. The number of nitrogens with one attached hydrogen (secondary N) is 1. The van der Waals surface area contributed by atoms with E-state index in [0.29, 0.717) is 16.1 Å². The van der Waals surface area contributed by atoms with E-state index in [4.69, 9.17) is 11.6 Å². The molecular weight excluding hydrogens is 422 g/mol. The molecule has 0 unspecified atom stereocenters. The first-order chi connectivity index (χ1) is 15.5. The summed E-state index contributed by atoms with van der Waals surface area (Å²) in [6.45, 7) is 0. The van der Waals surface area contributed by atoms with Gasteiger partial charge in [-0.2, -0.15) is 5.10 Å². The van der Waals surface area contributed by atoms with Crippen LogP contribution in [0.1, 0.15) is 15.9 Å². The molecule has 0 atom stereocenters. The summed E-state index contributed by atoms with van der Waals surface area (Å²) in [7, 11) is 1.88. The lowest BCUT2D eigenvalue weighted by molar-refractivity contribution is 0.104. The molecule has 0 fully saturated rings. The number of ketones is 1. The van der Waals surface area contributed by atoms with Gasteiger partial charge in [-0.05, 0) is 47.5 Å². The van der Waals surface area contributed by atoms with Gasteiger partial charge in [-0.25, -0.2) is 0 Å². The third-order valence-corrected chi connectivity index (χ3v) is 5.72. The van der Waals surface area contributed by atoms with Crippen LogP contribution in [0.2, 0.25) is 5.02 Å². The summed E-state index contributed by atoms with van der Waals surface area (Å²) in [6, 6.07) is 20.5. The summed E-state index contributed by atoms with van der Waals surface area (Å²) in [4.78, 5) is 29.1. The van der Waals surface area contributed by atoms with E-state index in [1.54, 1.807) is 35.2 Å². The quantitative estimate of drug-likeness (QED) is 0.291. The Labute approximate surface area is 188 Å². The van der Waals surface area contributed by atoms with Gasteiger partial charge in [-0.1, -0.05) is 54.1 Å². The van der Waals surface area contributed by atoms with Crippen molar-refractivity contribution in [1.82, 2.24) is 14.8 Å². The first kappa shape index (κ1) is 20.0. The molecule has 2 heterocycles. The molecule has 5 nitrogen and oxygen atoms in total. The van der Waals surface area contributed by atoms with E-state index >= 15 is 0 Å². The molecular formula is C26H18ClN3O2. The van der Waals surface area contributed by atoms with Gasteiger partial charge in [0.25, 0.3) is 5.56 Å². The van der Waals surface area contributed by atoms with Crippen molar-refractivity contribution in [3.8, 4) is 11.1 Å². The highest BCUT2D eigenvalue weighted by Crippen LogP contribution is 2.31. The number of rotatable bonds is 4. The number of aromatic amines is 1. The number of aryl methyl sites for hydroxylation is 1. The molecule has 1 N–H and O–H groups in total. The number of pyridine rings is 1. The first-order valence-corrected chi connectivity index (χ1v) is 10.4. The highest BCUT2D eigenvalue weighted by Gasteiger charge is 2.19. The minimum atomic E-state index is -0.434. The standard InChI is InChI=1S/C26H18ClN3O2/c1-30-22-11-7-16(13-18(22)15-28-30)8-12-23(31)25-24(17-5-3-2-4-6-17)20-14-19(27)9-10-21(20)29-26(25)32/h2-15H,1H3,(H,29,32)/b12-8+. The fourth-order valence-electron chi connectivity index (χ4n) is 3.95. The average molecular weight is 440 g/mol. The number of H-pyrrole nitrogens is 1. The Morgan fingerprint density at radius 3 is 2.69 bits per heavy atom. The van der Waals surface area contributed by atoms with Crippen molar-refractivity contribution in [2.75, 3.05) is 0 Å². The molecule has 0 radical (unpaired) electrons. The van der Waals surface area contributed by atoms with E-state index in [1.165, 1.54) is 6.08 Å². The Balaban J connectivity index is 1.65. The van der Waals surface area contributed by atoms with Gasteiger partial charge in [0, 0.05) is 33.9 Å². The van der Waals surface area contributed by atoms with E-state index in [0.717, 1.165) is 27.4 Å². The van der Waals surface area contributed by atoms with Gasteiger partial charge in [0.05, 0.1) is 17.3 Å². The number of fused-ring (bicyclic) bond motifs is 2. The van der Waals surface area contributed by atoms with Gasteiger partial charge in [-0.3, -0.25) is 14.3 Å². The van der Waals surface area contributed by atoms with Crippen LogP contribution in [0.4, 0.5) is 0 Å². The van der Waals surface area contributed by atoms with Gasteiger partial charge < -0.3 is 4.98 Å². The molecule has 0 aliphatic rings. The summed E-state index contributed by atoms with van der Waals surface area (Å²) in [5.41, 5.74) is 3.48. The second kappa shape index (κ2) is 7.94. The second-order valence-electron chi connectivity index (χ2n) is 7.54. The zero-order valence-electron chi connectivity index (χ0n) is 17.2. The van der Waals surface area contributed by atoms with Crippen molar-refractivity contribution in [2.45, 2.75) is 0 Å². The van der Waals surface area contributed by atoms with Crippen LogP contribution in [0.15, 0.2) is 83.8 Å². The van der Waals surface area contributed by atoms with Crippen LogP contribution in [-0.4, -0.2) is 20.5 Å². The number of allylic oxidation sites excluding steroid dienone is 1. The zero-order valence-corrected chi connectivity index (χ0v) is 17.9. The Bertz CT molecular complexity index is 1580. The lowest BCUT2D eigenvalue weighted by atomic mass is 9.94. The molecule has 6 heteroatoms. The molecule has 32 heavy (non-hydrogen) atoms. The fraction of sp³-hybridized carbons (Fsp3) is 0.0385. The predicted octanol–water partition coefficient (Wildman–Crippen LogP) is 5.63. The topological polar surface area (TPSA) is 67.8 Å². The van der Waals surface area contributed by atoms with Crippen LogP contribution in [-0.2, 0) is 7.05 Å². The Morgan fingerprint density at radius 2 is 1.88 bits per heavy atom. The summed E-state index contributed by atoms with van der Waals surface area (Å²) in [6.07, 6.45) is 4.93. The van der Waals surface area contributed by atoms with Crippen molar-refractivity contribution in [3.63, 3.8) is 0 Å². The average Bonchev–Trinajstić information content (AvgIpc) is 3.17. The molecule has 2 aromatic heterocycles. The van der Waals surface area contributed by atoms with E-state index < -0.39 is 5.56 Å².